The third kappa shape index (κ3) is 7.25. The van der Waals surface area contributed by atoms with Crippen LogP contribution in [-0.4, -0.2) is 81.0 Å². The van der Waals surface area contributed by atoms with Crippen LogP contribution in [0.1, 0.15) is 18.0 Å². The second-order valence-corrected chi connectivity index (χ2v) is 14.6. The van der Waals surface area contributed by atoms with E-state index in [0.29, 0.717) is 5.75 Å². The molecule has 0 saturated carbocycles. The fraction of sp³-hybridized carbons (Fsp3) is 0.306. The van der Waals surface area contributed by atoms with Crippen LogP contribution in [0.3, 0.4) is 0 Å². The predicted molar refractivity (Wildman–Crippen MR) is 186 cm³/mol. The molecular weight excluding hydrogens is 617 g/mol. The summed E-state index contributed by atoms with van der Waals surface area (Å²) in [5, 5.41) is 2.40. The number of para-hydroxylation sites is 2. The summed E-state index contributed by atoms with van der Waals surface area (Å²) in [6, 6.07) is 34.6. The van der Waals surface area contributed by atoms with Crippen LogP contribution < -0.4 is 15.0 Å². The Kier molecular flexibility index (Phi) is 10.3. The molecule has 0 bridgehead atoms. The Hall–Kier alpha value is -3.83. The molecule has 2 atom stereocenters. The van der Waals surface area contributed by atoms with Gasteiger partial charge in [0, 0.05) is 45.0 Å². The number of anilines is 1. The lowest BCUT2D eigenvalue weighted by atomic mass is 10.0. The number of thioether (sulfide) groups is 1. The zero-order chi connectivity index (χ0) is 31.9. The molecule has 1 N–H and O–H groups in total. The molecule has 240 valence electrons. The van der Waals surface area contributed by atoms with Crippen molar-refractivity contribution < 1.29 is 17.9 Å². The Morgan fingerprint density at radius 2 is 1.46 bits per heavy atom. The average molecular weight is 657 g/mol. The number of sulfonamides is 1. The van der Waals surface area contributed by atoms with Gasteiger partial charge < -0.3 is 15.0 Å². The van der Waals surface area contributed by atoms with Crippen molar-refractivity contribution in [3.63, 3.8) is 0 Å². The summed E-state index contributed by atoms with van der Waals surface area (Å²) in [6.07, 6.45) is 0.718. The molecule has 46 heavy (non-hydrogen) atoms. The maximum atomic E-state index is 13.8. The number of rotatable bonds is 11. The highest BCUT2D eigenvalue weighted by Gasteiger charge is 2.41. The van der Waals surface area contributed by atoms with E-state index in [-0.39, 0.29) is 23.4 Å². The molecule has 4 aromatic rings. The van der Waals surface area contributed by atoms with Gasteiger partial charge in [0.15, 0.2) is 0 Å². The van der Waals surface area contributed by atoms with Crippen LogP contribution in [0, 0.1) is 0 Å². The molecule has 2 aliphatic rings. The van der Waals surface area contributed by atoms with Crippen LogP contribution >= 0.6 is 11.8 Å². The Balaban J connectivity index is 1.11. The number of nitrogens with one attached hydrogen (secondary N) is 1. The van der Waals surface area contributed by atoms with E-state index in [4.69, 9.17) is 4.74 Å². The topological polar surface area (TPSA) is 82.2 Å². The van der Waals surface area contributed by atoms with Crippen molar-refractivity contribution >= 4 is 33.4 Å². The van der Waals surface area contributed by atoms with Crippen molar-refractivity contribution in [1.82, 2.24) is 14.5 Å². The molecule has 0 aromatic heterocycles. The lowest BCUT2D eigenvalue weighted by Gasteiger charge is -2.37. The fourth-order valence-electron chi connectivity index (χ4n) is 6.16. The zero-order valence-corrected chi connectivity index (χ0v) is 27.6. The summed E-state index contributed by atoms with van der Waals surface area (Å²) in [7, 11) is -2.16. The lowest BCUT2D eigenvalue weighted by molar-refractivity contribution is -0.123. The SMILES string of the molecule is COc1ccccc1N1CCN(CC[C@H](NC(=O)[C@@H]2SCCN2S(=O)(=O)c2ccc(-c3ccccc3)cc2)c2ccccc2)CC1. The molecule has 0 spiro atoms. The maximum Gasteiger partial charge on any atom is 0.249 e. The molecule has 8 nitrogen and oxygen atoms in total. The molecule has 6 rings (SSSR count). The molecule has 0 unspecified atom stereocenters. The largest absolute Gasteiger partial charge is 0.495 e. The highest BCUT2D eigenvalue weighted by Crippen LogP contribution is 2.33. The standard InChI is InChI=1S/C36H40N4O4S2/c1-44-34-15-9-8-14-33(34)39-24-22-38(23-25-39)21-20-32(30-12-6-3-7-13-30)37-35(41)36-40(26-27-45-36)46(42,43)31-18-16-29(17-19-31)28-10-4-2-5-11-28/h2-19,32,36H,20-27H2,1H3,(H,37,41)/t32-,36-/m0/s1. The normalized spacial score (nSPS) is 18.3. The quantitative estimate of drug-likeness (QED) is 0.229. The second-order valence-electron chi connectivity index (χ2n) is 11.5. The minimum atomic E-state index is -3.87. The van der Waals surface area contributed by atoms with Gasteiger partial charge >= 0.3 is 0 Å². The number of amides is 1. The molecule has 2 heterocycles. The van der Waals surface area contributed by atoms with Crippen molar-refractivity contribution in [2.75, 3.05) is 57.0 Å². The van der Waals surface area contributed by atoms with Crippen LogP contribution in [0.5, 0.6) is 5.75 Å². The molecule has 0 radical (unpaired) electrons. The average Bonchev–Trinajstić information content (AvgIpc) is 3.63. The van der Waals surface area contributed by atoms with Crippen molar-refractivity contribution in [2.24, 2.45) is 0 Å². The smallest absolute Gasteiger partial charge is 0.249 e. The van der Waals surface area contributed by atoms with Gasteiger partial charge in [-0.25, -0.2) is 8.42 Å². The Labute approximate surface area is 276 Å². The van der Waals surface area contributed by atoms with E-state index in [1.54, 1.807) is 19.2 Å². The van der Waals surface area contributed by atoms with Crippen molar-refractivity contribution in [2.45, 2.75) is 22.7 Å². The van der Waals surface area contributed by atoms with Crippen LogP contribution in [0.2, 0.25) is 0 Å². The highest BCUT2D eigenvalue weighted by atomic mass is 32.2. The van der Waals surface area contributed by atoms with E-state index in [1.165, 1.54) is 16.1 Å². The molecular formula is C36H40N4O4S2. The third-order valence-electron chi connectivity index (χ3n) is 8.69. The number of hydrogen-bond acceptors (Lipinski definition) is 7. The van der Waals surface area contributed by atoms with E-state index in [1.807, 2.05) is 91.0 Å². The number of benzene rings is 4. The Morgan fingerprint density at radius 3 is 2.15 bits per heavy atom. The van der Waals surface area contributed by atoms with Gasteiger partial charge in [0.2, 0.25) is 15.9 Å². The van der Waals surface area contributed by atoms with Gasteiger partial charge in [-0.05, 0) is 47.4 Å². The number of nitrogens with zero attached hydrogens (tertiary/aromatic N) is 3. The fourth-order valence-corrected chi connectivity index (χ4v) is 9.24. The molecule has 10 heteroatoms. The van der Waals surface area contributed by atoms with Crippen molar-refractivity contribution in [3.05, 3.63) is 115 Å². The van der Waals surface area contributed by atoms with Gasteiger partial charge in [-0.1, -0.05) is 84.9 Å². The van der Waals surface area contributed by atoms with E-state index >= 15 is 0 Å². The van der Waals surface area contributed by atoms with Gasteiger partial charge in [0.25, 0.3) is 0 Å². The number of hydrogen-bond donors (Lipinski definition) is 1. The van der Waals surface area contributed by atoms with Gasteiger partial charge in [0.1, 0.15) is 11.1 Å². The van der Waals surface area contributed by atoms with Crippen molar-refractivity contribution in [3.8, 4) is 16.9 Å². The van der Waals surface area contributed by atoms with Gasteiger partial charge in [-0.2, -0.15) is 4.31 Å². The first-order valence-electron chi connectivity index (χ1n) is 15.7. The molecule has 4 aromatic carbocycles. The summed E-state index contributed by atoms with van der Waals surface area (Å²) in [5.74, 6) is 1.17. The second kappa shape index (κ2) is 14.7. The minimum Gasteiger partial charge on any atom is -0.495 e. The summed E-state index contributed by atoms with van der Waals surface area (Å²) >= 11 is 1.37. The minimum absolute atomic E-state index is 0.194. The number of piperazine rings is 1. The third-order valence-corrected chi connectivity index (χ3v) is 11.9. The maximum absolute atomic E-state index is 13.8. The van der Waals surface area contributed by atoms with Crippen LogP contribution in [0.25, 0.3) is 11.1 Å². The van der Waals surface area contributed by atoms with E-state index < -0.39 is 15.4 Å². The summed E-state index contributed by atoms with van der Waals surface area (Å²) < 4.78 is 34.5. The molecule has 0 aliphatic carbocycles. The number of carbonyl (C=O) groups excluding carboxylic acids is 1. The van der Waals surface area contributed by atoms with E-state index in [9.17, 15) is 13.2 Å². The van der Waals surface area contributed by atoms with Crippen LogP contribution in [-0.2, 0) is 14.8 Å². The number of carbonyl (C=O) groups is 1. The zero-order valence-electron chi connectivity index (χ0n) is 26.0. The number of ether oxygens (including phenoxy) is 1. The first kappa shape index (κ1) is 32.1. The first-order valence-corrected chi connectivity index (χ1v) is 18.2. The molecule has 2 aliphatic heterocycles. The molecule has 1 amide bonds. The van der Waals surface area contributed by atoms with E-state index in [0.717, 1.165) is 67.3 Å². The lowest BCUT2D eigenvalue weighted by Crippen LogP contribution is -2.48. The van der Waals surface area contributed by atoms with E-state index in [2.05, 4.69) is 21.2 Å². The summed E-state index contributed by atoms with van der Waals surface area (Å²) in [6.45, 7) is 4.69. The highest BCUT2D eigenvalue weighted by molar-refractivity contribution is 8.02. The number of methoxy groups -OCH3 is 1. The van der Waals surface area contributed by atoms with Crippen molar-refractivity contribution in [1.29, 1.82) is 0 Å². The monoisotopic (exact) mass is 656 g/mol. The Morgan fingerprint density at radius 1 is 0.826 bits per heavy atom. The van der Waals surface area contributed by atoms with Gasteiger partial charge in [0.05, 0.1) is 23.7 Å². The first-order chi connectivity index (χ1) is 22.4. The Bertz CT molecular complexity index is 1700. The summed E-state index contributed by atoms with van der Waals surface area (Å²) in [4.78, 5) is 18.8. The molecule has 2 fully saturated rings. The van der Waals surface area contributed by atoms with Gasteiger partial charge in [-0.15, -0.1) is 11.8 Å². The predicted octanol–water partition coefficient (Wildman–Crippen LogP) is 5.50. The van der Waals surface area contributed by atoms with Crippen LogP contribution in [0.4, 0.5) is 5.69 Å². The van der Waals surface area contributed by atoms with Gasteiger partial charge in [-0.3, -0.25) is 9.69 Å². The summed E-state index contributed by atoms with van der Waals surface area (Å²) in [5.41, 5.74) is 4.08. The molecule has 2 saturated heterocycles. The van der Waals surface area contributed by atoms with Crippen LogP contribution in [0.15, 0.2) is 114 Å².